The van der Waals surface area contributed by atoms with Crippen molar-refractivity contribution in [1.29, 1.82) is 0 Å². The number of ether oxygens (including phenoxy) is 8. The summed E-state index contributed by atoms with van der Waals surface area (Å²) in [6.07, 6.45) is 12.9. The SMILES string of the molecule is COc1cc(/C=[N+]2/COc3c(C)cc(C)cc32)cc(OC)c1OC.Cc1cc(C)c2c(c1)/[N+](=C\C1CCCCC1)CO2.Cc1cc(C)c2c(c1)/[N+](=C\c1ccc(C(F)(F)F)cc1)CO2.Cc1cc(C)c2c(c1)/[N+](=C\c1ccc([N+](=O)[O-])cc1)CO2.Cc1ccc(C)c(/C=[N+]2/COc3c(C)cc(C)cc32)c1. The van der Waals surface area contributed by atoms with Crippen LogP contribution in [0.15, 0.2) is 140 Å². The van der Waals surface area contributed by atoms with Crippen LogP contribution in [-0.4, -0.2) is 114 Å². The molecule has 9 aromatic carbocycles. The molecule has 544 valence electrons. The van der Waals surface area contributed by atoms with E-state index in [0.29, 0.717) is 56.5 Å². The van der Waals surface area contributed by atoms with Gasteiger partial charge in [-0.2, -0.15) is 36.0 Å². The topological polar surface area (TPSA) is 132 Å². The number of rotatable bonds is 9. The lowest BCUT2D eigenvalue weighted by Crippen LogP contribution is -2.15. The summed E-state index contributed by atoms with van der Waals surface area (Å²) >= 11 is 0. The van der Waals surface area contributed by atoms with Crippen molar-refractivity contribution in [2.75, 3.05) is 55.0 Å². The zero-order chi connectivity index (χ0) is 75.0. The third-order valence-corrected chi connectivity index (χ3v) is 19.0. The molecule has 0 saturated heterocycles. The Morgan fingerprint density at radius 3 is 1.11 bits per heavy atom. The summed E-state index contributed by atoms with van der Waals surface area (Å²) in [6, 6.07) is 43.2. The highest BCUT2D eigenvalue weighted by Gasteiger charge is 2.34. The number of nitro groups is 1. The summed E-state index contributed by atoms with van der Waals surface area (Å²) in [4.78, 5) is 10.3. The number of nitro benzene ring substituents is 1. The smallest absolute Gasteiger partial charge is 0.416 e. The first-order valence-corrected chi connectivity index (χ1v) is 35.3. The molecule has 0 unspecified atom stereocenters. The van der Waals surface area contributed by atoms with E-state index in [2.05, 4.69) is 155 Å². The lowest BCUT2D eigenvalue weighted by Gasteiger charge is -2.15. The van der Waals surface area contributed by atoms with Gasteiger partial charge in [0.05, 0.1) is 31.8 Å². The number of halogens is 3. The van der Waals surface area contributed by atoms with Gasteiger partial charge in [0, 0.05) is 70.6 Å². The van der Waals surface area contributed by atoms with Gasteiger partial charge < -0.3 is 37.9 Å². The van der Waals surface area contributed by atoms with Crippen LogP contribution >= 0.6 is 0 Å². The highest BCUT2D eigenvalue weighted by molar-refractivity contribution is 5.82. The van der Waals surface area contributed by atoms with Crippen LogP contribution in [0.25, 0.3) is 0 Å². The summed E-state index contributed by atoms with van der Waals surface area (Å²) in [5.41, 5.74) is 23.2. The van der Waals surface area contributed by atoms with E-state index in [0.717, 1.165) is 97.2 Å². The number of benzene rings is 9. The van der Waals surface area contributed by atoms with E-state index in [9.17, 15) is 23.3 Å². The second-order valence-corrected chi connectivity index (χ2v) is 27.7. The molecule has 0 aromatic heterocycles. The molecule has 6 aliphatic rings. The molecule has 15 rings (SSSR count). The Bertz CT molecular complexity index is 4910. The van der Waals surface area contributed by atoms with Gasteiger partial charge in [-0.15, -0.1) is 0 Å². The van der Waals surface area contributed by atoms with Crippen LogP contribution in [0.1, 0.15) is 127 Å². The van der Waals surface area contributed by atoms with Gasteiger partial charge in [-0.05, 0) is 212 Å². The molecule has 9 aromatic rings. The Hall–Kier alpha value is -11.1. The predicted octanol–water partition coefficient (Wildman–Crippen LogP) is 19.2. The van der Waals surface area contributed by atoms with Gasteiger partial charge in [-0.3, -0.25) is 10.1 Å². The average molecular weight is 1430 g/mol. The highest BCUT2D eigenvalue weighted by Crippen LogP contribution is 2.43. The molecule has 5 heterocycles. The standard InChI is InChI=1S/C19H22NO4.C18H20NO.C17H15F3NO.C16H15N2O3.C16H22NO/c1-12-6-13(2)18-15(7-12)20(11-24-18)10-14-8-16(21-3)19(23-5)17(9-14)22-4;1-12-5-6-14(3)16(8-12)10-19-11-20-18-15(4)7-13(2)9-17(18)19;1-11-7-12(2)16-15(8-11)21(10-22-16)9-13-3-5-14(6-4-13)17(18,19)20;1-11-7-12(2)16-15(8-11)17(10-21-16)9-13-3-5-14(6-4-13)18(19)20;1-12-8-13(2)16-15(9-12)17(11-18-16)10-14-6-4-3-5-7-14/h6-10H,11H2,1-5H3;5-10H,11H2,1-4H3;3-9H,10H2,1-2H3;3-9H,10H2,1-2H3;8-10,14H,3-7,11H2,1-2H3/q5*+1/b20-10-;19-10-;21-9-;17-9-;17-10-. The largest absolute Gasteiger partial charge is 0.493 e. The average Bonchev–Trinajstić information content (AvgIpc) is 1.70. The fourth-order valence-electron chi connectivity index (χ4n) is 14.0. The van der Waals surface area contributed by atoms with Crippen LogP contribution in [0.2, 0.25) is 0 Å². The first kappa shape index (κ1) is 75.1. The van der Waals surface area contributed by atoms with Crippen molar-refractivity contribution in [3.63, 3.8) is 0 Å². The van der Waals surface area contributed by atoms with Crippen LogP contribution in [0.3, 0.4) is 0 Å². The Labute approximate surface area is 613 Å². The summed E-state index contributed by atoms with van der Waals surface area (Å²) in [5.74, 6) is 7.34. The number of fused-ring (bicyclic) bond motifs is 5. The number of alkyl halides is 3. The third-order valence-electron chi connectivity index (χ3n) is 19.0. The fourth-order valence-corrected chi connectivity index (χ4v) is 14.0. The van der Waals surface area contributed by atoms with E-state index in [4.69, 9.17) is 37.9 Å². The lowest BCUT2D eigenvalue weighted by atomic mass is 9.90. The van der Waals surface area contributed by atoms with E-state index >= 15 is 0 Å². The molecule has 5 aliphatic heterocycles. The maximum atomic E-state index is 12.6. The van der Waals surface area contributed by atoms with E-state index in [-0.39, 0.29) is 5.69 Å². The minimum Gasteiger partial charge on any atom is -0.493 e. The van der Waals surface area contributed by atoms with Gasteiger partial charge in [0.25, 0.3) is 67.8 Å². The quantitative estimate of drug-likeness (QED) is 0.0781. The van der Waals surface area contributed by atoms with Crippen molar-refractivity contribution < 1.29 is 78.9 Å². The van der Waals surface area contributed by atoms with E-state index in [1.165, 1.54) is 118 Å². The number of hydrogen-bond donors (Lipinski definition) is 0. The molecule has 105 heavy (non-hydrogen) atoms. The molecule has 0 bridgehead atoms. The van der Waals surface area contributed by atoms with Crippen LogP contribution in [-0.2, 0) is 6.18 Å². The first-order chi connectivity index (χ1) is 50.2. The first-order valence-electron chi connectivity index (χ1n) is 35.3. The van der Waals surface area contributed by atoms with Crippen molar-refractivity contribution in [3.05, 3.63) is 244 Å². The molecule has 1 saturated carbocycles. The second-order valence-electron chi connectivity index (χ2n) is 27.7. The molecular formula is C86H94F3N6O10+5. The molecule has 0 atom stereocenters. The minimum absolute atomic E-state index is 0.0944. The lowest BCUT2D eigenvalue weighted by molar-refractivity contribution is -0.455. The zero-order valence-corrected chi connectivity index (χ0v) is 62.7. The minimum atomic E-state index is -4.31. The molecule has 0 radical (unpaired) electrons. The highest BCUT2D eigenvalue weighted by atomic mass is 19.4. The van der Waals surface area contributed by atoms with Crippen LogP contribution in [0.4, 0.5) is 47.3 Å². The molecule has 16 nitrogen and oxygen atoms in total. The maximum Gasteiger partial charge on any atom is 0.416 e. The number of nitrogens with zero attached hydrogens (tertiary/aromatic N) is 6. The van der Waals surface area contributed by atoms with E-state index < -0.39 is 16.7 Å². The van der Waals surface area contributed by atoms with E-state index in [1.807, 2.05) is 66.6 Å². The zero-order valence-electron chi connectivity index (χ0n) is 62.7. The van der Waals surface area contributed by atoms with E-state index in [1.54, 1.807) is 39.7 Å². The van der Waals surface area contributed by atoms with Crippen LogP contribution in [0, 0.1) is 99.1 Å². The summed E-state index contributed by atoms with van der Waals surface area (Å²) in [6.45, 7) is 27.6. The molecule has 0 N–H and O–H groups in total. The molecule has 19 heteroatoms. The molecule has 1 aliphatic carbocycles. The van der Waals surface area contributed by atoms with Crippen molar-refractivity contribution in [3.8, 4) is 46.0 Å². The third kappa shape index (κ3) is 17.9. The number of methoxy groups -OCH3 is 3. The van der Waals surface area contributed by atoms with Gasteiger partial charge in [0.1, 0.15) is 0 Å². The maximum absolute atomic E-state index is 12.6. The Kier molecular flexibility index (Phi) is 23.4. The van der Waals surface area contributed by atoms with Crippen molar-refractivity contribution in [2.24, 2.45) is 5.92 Å². The van der Waals surface area contributed by atoms with Crippen molar-refractivity contribution in [1.82, 2.24) is 0 Å². The summed E-state index contributed by atoms with van der Waals surface area (Å²) in [5, 5.41) is 10.7. The monoisotopic (exact) mass is 1430 g/mol. The van der Waals surface area contributed by atoms with Gasteiger partial charge in [0.2, 0.25) is 34.5 Å². The number of aryl methyl sites for hydroxylation is 12. The Morgan fingerprint density at radius 1 is 0.400 bits per heavy atom. The number of non-ortho nitro benzene ring substituents is 1. The van der Waals surface area contributed by atoms with Crippen LogP contribution < -0.4 is 37.9 Å². The summed E-state index contributed by atoms with van der Waals surface area (Å²) < 4.78 is 93.3. The van der Waals surface area contributed by atoms with Gasteiger partial charge in [-0.25, -0.2) is 0 Å². The normalized spacial score (nSPS) is 16.2. The fraction of sp³-hybridized carbons (Fsp3) is 0.314. The van der Waals surface area contributed by atoms with Gasteiger partial charge in [-0.1, -0.05) is 67.3 Å². The Balaban J connectivity index is 0.000000132. The van der Waals surface area contributed by atoms with Gasteiger partial charge in [0.15, 0.2) is 42.6 Å². The van der Waals surface area contributed by atoms with Crippen molar-refractivity contribution in [2.45, 2.75) is 121 Å². The molecule has 1 fully saturated rings. The Morgan fingerprint density at radius 2 is 0.752 bits per heavy atom. The molecular weight excluding hydrogens is 1330 g/mol. The predicted molar refractivity (Wildman–Crippen MR) is 407 cm³/mol. The molecule has 0 amide bonds. The van der Waals surface area contributed by atoms with Gasteiger partial charge >= 0.3 is 6.18 Å². The van der Waals surface area contributed by atoms with Crippen molar-refractivity contribution >= 4 is 65.2 Å². The number of hydrogen-bond acceptors (Lipinski definition) is 10. The summed E-state index contributed by atoms with van der Waals surface area (Å²) in [7, 11) is 4.82. The van der Waals surface area contributed by atoms with Crippen LogP contribution in [0.5, 0.6) is 46.0 Å². The molecule has 0 spiro atoms. The second kappa shape index (κ2) is 32.7.